The zero-order valence-corrected chi connectivity index (χ0v) is 12.1. The van der Waals surface area contributed by atoms with E-state index in [1.54, 1.807) is 23.1 Å². The number of amides is 1. The molecule has 1 atom stereocenters. The van der Waals surface area contributed by atoms with Gasteiger partial charge in [0, 0.05) is 17.7 Å². The van der Waals surface area contributed by atoms with Gasteiger partial charge < -0.3 is 19.8 Å². The van der Waals surface area contributed by atoms with Gasteiger partial charge in [-0.15, -0.1) is 0 Å². The Morgan fingerprint density at radius 1 is 1.48 bits per heavy atom. The van der Waals surface area contributed by atoms with E-state index in [1.807, 2.05) is 0 Å². The van der Waals surface area contributed by atoms with Crippen LogP contribution in [0.15, 0.2) is 18.2 Å². The van der Waals surface area contributed by atoms with Gasteiger partial charge in [-0.1, -0.05) is 23.4 Å². The molecule has 0 bridgehead atoms. The highest BCUT2D eigenvalue weighted by Crippen LogP contribution is 2.20. The molecule has 1 aliphatic rings. The lowest BCUT2D eigenvalue weighted by molar-refractivity contribution is -0.0183. The van der Waals surface area contributed by atoms with E-state index in [2.05, 4.69) is 11.8 Å². The van der Waals surface area contributed by atoms with Gasteiger partial charge in [-0.2, -0.15) is 0 Å². The summed E-state index contributed by atoms with van der Waals surface area (Å²) in [6.45, 7) is 0.836. The molecule has 0 aliphatic carbocycles. The molecule has 1 unspecified atom stereocenters. The van der Waals surface area contributed by atoms with Gasteiger partial charge in [-0.3, -0.25) is 4.79 Å². The third-order valence-corrected chi connectivity index (χ3v) is 3.53. The second kappa shape index (κ2) is 7.43. The third kappa shape index (κ3) is 3.74. The van der Waals surface area contributed by atoms with E-state index in [9.17, 15) is 9.90 Å². The molecule has 1 amide bonds. The molecular formula is C15H16ClNO4. The highest BCUT2D eigenvalue weighted by Gasteiger charge is 2.27. The van der Waals surface area contributed by atoms with Crippen molar-refractivity contribution < 1.29 is 19.7 Å². The van der Waals surface area contributed by atoms with Gasteiger partial charge in [0.1, 0.15) is 6.61 Å². The topological polar surface area (TPSA) is 70.0 Å². The Kier molecular flexibility index (Phi) is 5.59. The SMILES string of the molecule is O=C(c1ccc(C#CCO)c(Cl)c1)N1CCOCC1CO. The molecule has 112 valence electrons. The van der Waals surface area contributed by atoms with Gasteiger partial charge in [-0.05, 0) is 18.2 Å². The predicted molar refractivity (Wildman–Crippen MR) is 78.1 cm³/mol. The van der Waals surface area contributed by atoms with Crippen LogP contribution in [0, 0.1) is 11.8 Å². The minimum absolute atomic E-state index is 0.139. The molecule has 0 spiro atoms. The maximum absolute atomic E-state index is 12.5. The highest BCUT2D eigenvalue weighted by molar-refractivity contribution is 6.32. The Hall–Kier alpha value is -1.58. The fraction of sp³-hybridized carbons (Fsp3) is 0.400. The van der Waals surface area contributed by atoms with Gasteiger partial charge in [0.2, 0.25) is 0 Å². The molecule has 21 heavy (non-hydrogen) atoms. The molecule has 0 aromatic heterocycles. The van der Waals surface area contributed by atoms with Crippen molar-refractivity contribution in [2.45, 2.75) is 6.04 Å². The van der Waals surface area contributed by atoms with Crippen molar-refractivity contribution in [3.8, 4) is 11.8 Å². The number of rotatable bonds is 2. The standard InChI is InChI=1S/C15H16ClNO4/c16-14-8-12(4-3-11(14)2-1-6-18)15(20)17-5-7-21-10-13(17)9-19/h3-4,8,13,18-19H,5-7,9-10H2. The van der Waals surface area contributed by atoms with Gasteiger partial charge in [0.05, 0.1) is 30.9 Å². The summed E-state index contributed by atoms with van der Waals surface area (Å²) >= 11 is 6.09. The molecule has 0 radical (unpaired) electrons. The van der Waals surface area contributed by atoms with Crippen LogP contribution in [0.5, 0.6) is 0 Å². The van der Waals surface area contributed by atoms with Crippen LogP contribution in [0.3, 0.4) is 0 Å². The first-order chi connectivity index (χ1) is 10.2. The first-order valence-electron chi connectivity index (χ1n) is 6.56. The summed E-state index contributed by atoms with van der Waals surface area (Å²) < 4.78 is 5.25. The monoisotopic (exact) mass is 309 g/mol. The molecule has 0 saturated carbocycles. The van der Waals surface area contributed by atoms with Gasteiger partial charge in [0.25, 0.3) is 5.91 Å². The number of aliphatic hydroxyl groups excluding tert-OH is 2. The van der Waals surface area contributed by atoms with Gasteiger partial charge in [0.15, 0.2) is 0 Å². The molecule has 2 N–H and O–H groups in total. The van der Waals surface area contributed by atoms with E-state index in [-0.39, 0.29) is 25.2 Å². The molecule has 1 heterocycles. The lowest BCUT2D eigenvalue weighted by Gasteiger charge is -2.34. The average Bonchev–Trinajstić information content (AvgIpc) is 2.53. The summed E-state index contributed by atoms with van der Waals surface area (Å²) in [5.41, 5.74) is 0.998. The predicted octanol–water partition coefficient (Wildman–Crippen LogP) is 0.517. The number of ether oxygens (including phenoxy) is 1. The van der Waals surface area contributed by atoms with E-state index in [0.29, 0.717) is 35.9 Å². The number of carbonyl (C=O) groups excluding carboxylic acids is 1. The minimum atomic E-state index is -0.334. The number of morpholine rings is 1. The van der Waals surface area contributed by atoms with Gasteiger partial charge in [-0.25, -0.2) is 0 Å². The first-order valence-corrected chi connectivity index (χ1v) is 6.94. The molecule has 1 aromatic carbocycles. The summed E-state index contributed by atoms with van der Waals surface area (Å²) in [6, 6.07) is 4.50. The molecule has 2 rings (SSSR count). The second-order valence-electron chi connectivity index (χ2n) is 4.56. The van der Waals surface area contributed by atoms with Crippen LogP contribution >= 0.6 is 11.6 Å². The van der Waals surface area contributed by atoms with Crippen LogP contribution in [0.2, 0.25) is 5.02 Å². The van der Waals surface area contributed by atoms with Crippen LogP contribution < -0.4 is 0 Å². The number of benzene rings is 1. The van der Waals surface area contributed by atoms with Crippen LogP contribution in [-0.4, -0.2) is 60.0 Å². The highest BCUT2D eigenvalue weighted by atomic mass is 35.5. The number of nitrogens with zero attached hydrogens (tertiary/aromatic N) is 1. The molecular weight excluding hydrogens is 294 g/mol. The maximum atomic E-state index is 12.5. The Morgan fingerprint density at radius 3 is 2.95 bits per heavy atom. The van der Waals surface area contributed by atoms with Crippen molar-refractivity contribution in [1.82, 2.24) is 4.90 Å². The number of carbonyl (C=O) groups is 1. The maximum Gasteiger partial charge on any atom is 0.254 e. The number of halogens is 1. The van der Waals surface area contributed by atoms with Crippen molar-refractivity contribution in [2.75, 3.05) is 33.0 Å². The quantitative estimate of drug-likeness (QED) is 0.781. The fourth-order valence-electron chi connectivity index (χ4n) is 2.12. The van der Waals surface area contributed by atoms with E-state index < -0.39 is 0 Å². The van der Waals surface area contributed by atoms with Crippen LogP contribution in [0.1, 0.15) is 15.9 Å². The molecule has 1 saturated heterocycles. The summed E-state index contributed by atoms with van der Waals surface area (Å²) in [5.74, 6) is 5.03. The fourth-order valence-corrected chi connectivity index (χ4v) is 2.35. The summed E-state index contributed by atoms with van der Waals surface area (Å²) in [7, 11) is 0. The van der Waals surface area contributed by atoms with E-state index >= 15 is 0 Å². The van der Waals surface area contributed by atoms with Crippen molar-refractivity contribution in [3.63, 3.8) is 0 Å². The smallest absolute Gasteiger partial charge is 0.254 e. The Labute approximate surface area is 128 Å². The average molecular weight is 310 g/mol. The van der Waals surface area contributed by atoms with Gasteiger partial charge >= 0.3 is 0 Å². The number of hydrogen-bond acceptors (Lipinski definition) is 4. The third-order valence-electron chi connectivity index (χ3n) is 3.22. The van der Waals surface area contributed by atoms with Crippen molar-refractivity contribution in [2.24, 2.45) is 0 Å². The van der Waals surface area contributed by atoms with Crippen LogP contribution in [0.4, 0.5) is 0 Å². The summed E-state index contributed by atoms with van der Waals surface area (Å²) in [5, 5.41) is 18.3. The minimum Gasteiger partial charge on any atom is -0.394 e. The van der Waals surface area contributed by atoms with Crippen LogP contribution in [-0.2, 0) is 4.74 Å². The zero-order valence-electron chi connectivity index (χ0n) is 11.4. The van der Waals surface area contributed by atoms with E-state index in [0.717, 1.165) is 0 Å². The van der Waals surface area contributed by atoms with Crippen molar-refractivity contribution in [3.05, 3.63) is 34.3 Å². The molecule has 5 nitrogen and oxygen atoms in total. The lowest BCUT2D eigenvalue weighted by Crippen LogP contribution is -2.50. The van der Waals surface area contributed by atoms with Crippen molar-refractivity contribution in [1.29, 1.82) is 0 Å². The Bertz CT molecular complexity index is 579. The Balaban J connectivity index is 2.21. The van der Waals surface area contributed by atoms with Crippen LogP contribution in [0.25, 0.3) is 0 Å². The summed E-state index contributed by atoms with van der Waals surface area (Å²) in [4.78, 5) is 14.1. The molecule has 1 fully saturated rings. The van der Waals surface area contributed by atoms with Crippen molar-refractivity contribution >= 4 is 17.5 Å². The normalized spacial score (nSPS) is 18.0. The second-order valence-corrected chi connectivity index (χ2v) is 4.97. The number of hydrogen-bond donors (Lipinski definition) is 2. The van der Waals surface area contributed by atoms with E-state index in [1.165, 1.54) is 0 Å². The zero-order chi connectivity index (χ0) is 15.2. The summed E-state index contributed by atoms with van der Waals surface area (Å²) in [6.07, 6.45) is 0. The molecule has 1 aromatic rings. The number of aliphatic hydroxyl groups is 2. The Morgan fingerprint density at radius 2 is 2.29 bits per heavy atom. The lowest BCUT2D eigenvalue weighted by atomic mass is 10.1. The largest absolute Gasteiger partial charge is 0.394 e. The molecule has 1 aliphatic heterocycles. The first kappa shape index (κ1) is 15.8. The molecule has 6 heteroatoms. The van der Waals surface area contributed by atoms with E-state index in [4.69, 9.17) is 21.4 Å².